The van der Waals surface area contributed by atoms with Crippen molar-refractivity contribution in [1.82, 2.24) is 0 Å². The second-order valence-corrected chi connectivity index (χ2v) is 4.01. The number of unbranched alkanes of at least 4 members (excludes halogenated alkanes) is 3. The molecule has 0 heterocycles. The first kappa shape index (κ1) is 11.1. The monoisotopic (exact) mass is 191 g/mol. The van der Waals surface area contributed by atoms with E-state index in [1.807, 2.05) is 6.07 Å². The van der Waals surface area contributed by atoms with Gasteiger partial charge in [-0.25, -0.2) is 0 Å². The van der Waals surface area contributed by atoms with Gasteiger partial charge in [-0.15, -0.1) is 0 Å². The molecule has 0 aliphatic heterocycles. The standard InChI is InChI=1S/C13H21N/c1-3-4-5-6-7-12-10-11(2)8-9-13(12)14/h8-10H,3-7,14H2,1-2H3. The first-order valence-electron chi connectivity index (χ1n) is 5.59. The van der Waals surface area contributed by atoms with Crippen LogP contribution >= 0.6 is 0 Å². The van der Waals surface area contributed by atoms with Crippen LogP contribution in [0.2, 0.25) is 0 Å². The fourth-order valence-corrected chi connectivity index (χ4v) is 1.69. The van der Waals surface area contributed by atoms with Gasteiger partial charge >= 0.3 is 0 Å². The van der Waals surface area contributed by atoms with Crippen LogP contribution in [0.1, 0.15) is 43.7 Å². The Labute approximate surface area is 87.3 Å². The SMILES string of the molecule is CCCCCCc1cc(C)ccc1N. The lowest BCUT2D eigenvalue weighted by molar-refractivity contribution is 0.667. The molecule has 0 saturated heterocycles. The van der Waals surface area contributed by atoms with E-state index in [0.29, 0.717) is 0 Å². The fourth-order valence-electron chi connectivity index (χ4n) is 1.69. The summed E-state index contributed by atoms with van der Waals surface area (Å²) in [6.45, 7) is 4.36. The third-order valence-electron chi connectivity index (χ3n) is 2.60. The molecule has 0 atom stereocenters. The van der Waals surface area contributed by atoms with Crippen molar-refractivity contribution in [1.29, 1.82) is 0 Å². The van der Waals surface area contributed by atoms with Gasteiger partial charge in [-0.1, -0.05) is 43.9 Å². The van der Waals surface area contributed by atoms with E-state index in [4.69, 9.17) is 5.73 Å². The molecule has 1 aromatic rings. The molecule has 1 heteroatoms. The minimum absolute atomic E-state index is 0.951. The van der Waals surface area contributed by atoms with Crippen molar-refractivity contribution >= 4 is 5.69 Å². The Morgan fingerprint density at radius 3 is 2.64 bits per heavy atom. The summed E-state index contributed by atoms with van der Waals surface area (Å²) >= 11 is 0. The van der Waals surface area contributed by atoms with Crippen LogP contribution in [0.3, 0.4) is 0 Å². The molecule has 0 unspecified atom stereocenters. The molecule has 0 fully saturated rings. The molecular weight excluding hydrogens is 170 g/mol. The highest BCUT2D eigenvalue weighted by atomic mass is 14.6. The molecule has 2 N–H and O–H groups in total. The molecule has 0 saturated carbocycles. The lowest BCUT2D eigenvalue weighted by atomic mass is 10.0. The van der Waals surface area contributed by atoms with E-state index in [1.165, 1.54) is 36.8 Å². The topological polar surface area (TPSA) is 26.0 Å². The van der Waals surface area contributed by atoms with Gasteiger partial charge in [-0.2, -0.15) is 0 Å². The van der Waals surface area contributed by atoms with Crippen molar-refractivity contribution < 1.29 is 0 Å². The van der Waals surface area contributed by atoms with Crippen LogP contribution in [-0.2, 0) is 6.42 Å². The Balaban J connectivity index is 2.45. The van der Waals surface area contributed by atoms with Crippen LogP contribution in [0.4, 0.5) is 5.69 Å². The molecule has 1 aromatic carbocycles. The number of nitrogens with two attached hydrogens (primary N) is 1. The van der Waals surface area contributed by atoms with Gasteiger partial charge < -0.3 is 5.73 Å². The van der Waals surface area contributed by atoms with E-state index >= 15 is 0 Å². The van der Waals surface area contributed by atoms with Gasteiger partial charge in [0, 0.05) is 5.69 Å². The molecule has 0 spiro atoms. The van der Waals surface area contributed by atoms with Gasteiger partial charge in [0.05, 0.1) is 0 Å². The zero-order valence-corrected chi connectivity index (χ0v) is 9.34. The Hall–Kier alpha value is -0.980. The summed E-state index contributed by atoms with van der Waals surface area (Å²) in [7, 11) is 0. The van der Waals surface area contributed by atoms with Crippen molar-refractivity contribution in [3.8, 4) is 0 Å². The summed E-state index contributed by atoms with van der Waals surface area (Å²) in [5.74, 6) is 0. The van der Waals surface area contributed by atoms with E-state index < -0.39 is 0 Å². The Kier molecular flexibility index (Phi) is 4.51. The summed E-state index contributed by atoms with van der Waals surface area (Å²) in [6.07, 6.45) is 6.36. The molecule has 0 amide bonds. The van der Waals surface area contributed by atoms with E-state index in [1.54, 1.807) is 0 Å². The van der Waals surface area contributed by atoms with Crippen LogP contribution < -0.4 is 5.73 Å². The number of aryl methyl sites for hydroxylation is 2. The summed E-state index contributed by atoms with van der Waals surface area (Å²) in [5.41, 5.74) is 9.49. The zero-order valence-electron chi connectivity index (χ0n) is 9.34. The predicted molar refractivity (Wildman–Crippen MR) is 63.4 cm³/mol. The second kappa shape index (κ2) is 5.69. The summed E-state index contributed by atoms with van der Waals surface area (Å²) in [5, 5.41) is 0. The van der Waals surface area contributed by atoms with Crippen LogP contribution in [0.5, 0.6) is 0 Å². The first-order chi connectivity index (χ1) is 6.74. The zero-order chi connectivity index (χ0) is 10.4. The van der Waals surface area contributed by atoms with E-state index in [0.717, 1.165) is 12.1 Å². The van der Waals surface area contributed by atoms with Crippen LogP contribution in [0.15, 0.2) is 18.2 Å². The minimum atomic E-state index is 0.951. The highest BCUT2D eigenvalue weighted by Crippen LogP contribution is 2.16. The molecule has 0 aromatic heterocycles. The largest absolute Gasteiger partial charge is 0.399 e. The van der Waals surface area contributed by atoms with Crippen molar-refractivity contribution in [2.45, 2.75) is 46.0 Å². The Morgan fingerprint density at radius 2 is 1.93 bits per heavy atom. The maximum atomic E-state index is 5.90. The van der Waals surface area contributed by atoms with E-state index in [-0.39, 0.29) is 0 Å². The molecule has 0 aliphatic rings. The van der Waals surface area contributed by atoms with Crippen LogP contribution in [-0.4, -0.2) is 0 Å². The molecule has 0 radical (unpaired) electrons. The van der Waals surface area contributed by atoms with Gasteiger partial charge in [-0.05, 0) is 31.4 Å². The number of rotatable bonds is 5. The van der Waals surface area contributed by atoms with Gasteiger partial charge in [-0.3, -0.25) is 0 Å². The highest BCUT2D eigenvalue weighted by molar-refractivity contribution is 5.48. The third-order valence-corrected chi connectivity index (χ3v) is 2.60. The minimum Gasteiger partial charge on any atom is -0.399 e. The molecule has 1 rings (SSSR count). The summed E-state index contributed by atoms with van der Waals surface area (Å²) < 4.78 is 0. The predicted octanol–water partition coefficient (Wildman–Crippen LogP) is 3.70. The van der Waals surface area contributed by atoms with E-state index in [9.17, 15) is 0 Å². The second-order valence-electron chi connectivity index (χ2n) is 4.01. The van der Waals surface area contributed by atoms with Gasteiger partial charge in [0.25, 0.3) is 0 Å². The highest BCUT2D eigenvalue weighted by Gasteiger charge is 1.98. The number of hydrogen-bond acceptors (Lipinski definition) is 1. The number of nitrogen functional groups attached to an aromatic ring is 1. The van der Waals surface area contributed by atoms with Gasteiger partial charge in [0.15, 0.2) is 0 Å². The Bertz CT molecular complexity index is 279. The quantitative estimate of drug-likeness (QED) is 0.557. The van der Waals surface area contributed by atoms with Crippen molar-refractivity contribution in [2.24, 2.45) is 0 Å². The first-order valence-corrected chi connectivity index (χ1v) is 5.59. The normalized spacial score (nSPS) is 10.4. The fraction of sp³-hybridized carbons (Fsp3) is 0.538. The van der Waals surface area contributed by atoms with Crippen LogP contribution in [0.25, 0.3) is 0 Å². The molecule has 0 aliphatic carbocycles. The number of hydrogen-bond donors (Lipinski definition) is 1. The lowest BCUT2D eigenvalue weighted by Gasteiger charge is -2.06. The third kappa shape index (κ3) is 3.41. The molecule has 1 nitrogen and oxygen atoms in total. The average molecular weight is 191 g/mol. The van der Waals surface area contributed by atoms with Crippen molar-refractivity contribution in [2.75, 3.05) is 5.73 Å². The Morgan fingerprint density at radius 1 is 1.14 bits per heavy atom. The molecule has 78 valence electrons. The molecule has 14 heavy (non-hydrogen) atoms. The van der Waals surface area contributed by atoms with Crippen LogP contribution in [0, 0.1) is 6.92 Å². The number of anilines is 1. The van der Waals surface area contributed by atoms with Crippen molar-refractivity contribution in [3.63, 3.8) is 0 Å². The maximum absolute atomic E-state index is 5.90. The van der Waals surface area contributed by atoms with E-state index in [2.05, 4.69) is 26.0 Å². The summed E-state index contributed by atoms with van der Waals surface area (Å²) in [4.78, 5) is 0. The average Bonchev–Trinajstić information content (AvgIpc) is 2.18. The summed E-state index contributed by atoms with van der Waals surface area (Å²) in [6, 6.07) is 6.30. The molecule has 0 bridgehead atoms. The number of benzene rings is 1. The molecular formula is C13H21N. The van der Waals surface area contributed by atoms with Gasteiger partial charge in [0.1, 0.15) is 0 Å². The van der Waals surface area contributed by atoms with Crippen molar-refractivity contribution in [3.05, 3.63) is 29.3 Å². The lowest BCUT2D eigenvalue weighted by Crippen LogP contribution is -1.95. The van der Waals surface area contributed by atoms with Gasteiger partial charge in [0.2, 0.25) is 0 Å². The maximum Gasteiger partial charge on any atom is 0.0346 e. The smallest absolute Gasteiger partial charge is 0.0346 e.